The van der Waals surface area contributed by atoms with Crippen molar-refractivity contribution in [3.63, 3.8) is 0 Å². The zero-order chi connectivity index (χ0) is 14.7. The maximum atomic E-state index is 11.1. The largest absolute Gasteiger partial charge is 0.478 e. The molecule has 0 bridgehead atoms. The molecule has 1 atom stereocenters. The van der Waals surface area contributed by atoms with Gasteiger partial charge >= 0.3 is 5.97 Å². The molecule has 0 amide bonds. The fourth-order valence-electron chi connectivity index (χ4n) is 2.67. The van der Waals surface area contributed by atoms with Crippen LogP contribution in [0.3, 0.4) is 0 Å². The number of likely N-dealkylation sites (tertiary alicyclic amines) is 1. The van der Waals surface area contributed by atoms with E-state index in [9.17, 15) is 4.79 Å². The van der Waals surface area contributed by atoms with Gasteiger partial charge in [0.25, 0.3) is 0 Å². The van der Waals surface area contributed by atoms with E-state index in [1.807, 2.05) is 6.07 Å². The van der Waals surface area contributed by atoms with Gasteiger partial charge in [0.15, 0.2) is 0 Å². The second kappa shape index (κ2) is 6.70. The van der Waals surface area contributed by atoms with Crippen LogP contribution in [0.25, 0.3) is 0 Å². The SMILES string of the molecule is CN(C)C1CCCN(Cc2cc(C(=O)O)ccc2Br)C1. The molecule has 1 unspecified atom stereocenters. The molecule has 1 aliphatic heterocycles. The summed E-state index contributed by atoms with van der Waals surface area (Å²) < 4.78 is 0.981. The highest BCUT2D eigenvalue weighted by Gasteiger charge is 2.22. The van der Waals surface area contributed by atoms with Crippen LogP contribution in [0.15, 0.2) is 22.7 Å². The monoisotopic (exact) mass is 340 g/mol. The molecule has 1 aromatic rings. The lowest BCUT2D eigenvalue weighted by molar-refractivity contribution is 0.0696. The molecule has 0 spiro atoms. The molecule has 1 aromatic carbocycles. The summed E-state index contributed by atoms with van der Waals surface area (Å²) in [5.41, 5.74) is 1.40. The van der Waals surface area contributed by atoms with Gasteiger partial charge < -0.3 is 10.0 Å². The number of halogens is 1. The van der Waals surface area contributed by atoms with Gasteiger partial charge in [-0.25, -0.2) is 4.79 Å². The van der Waals surface area contributed by atoms with Gasteiger partial charge in [-0.15, -0.1) is 0 Å². The molecule has 2 rings (SSSR count). The molecule has 4 nitrogen and oxygen atoms in total. The fraction of sp³-hybridized carbons (Fsp3) is 0.533. The van der Waals surface area contributed by atoms with E-state index in [0.717, 1.165) is 29.7 Å². The average molecular weight is 341 g/mol. The quantitative estimate of drug-likeness (QED) is 0.915. The first kappa shape index (κ1) is 15.5. The van der Waals surface area contributed by atoms with Gasteiger partial charge in [-0.2, -0.15) is 0 Å². The highest BCUT2D eigenvalue weighted by Crippen LogP contribution is 2.23. The highest BCUT2D eigenvalue weighted by molar-refractivity contribution is 9.10. The van der Waals surface area contributed by atoms with Crippen molar-refractivity contribution in [3.05, 3.63) is 33.8 Å². The molecule has 0 aromatic heterocycles. The van der Waals surface area contributed by atoms with Crippen LogP contribution < -0.4 is 0 Å². The first-order chi connectivity index (χ1) is 9.47. The summed E-state index contributed by atoms with van der Waals surface area (Å²) in [6, 6.07) is 5.82. The van der Waals surface area contributed by atoms with E-state index < -0.39 is 5.97 Å². The standard InChI is InChI=1S/C15H21BrN2O2/c1-17(2)13-4-3-7-18(10-13)9-12-8-11(15(19)20)5-6-14(12)16/h5-6,8,13H,3-4,7,9-10H2,1-2H3,(H,19,20). The van der Waals surface area contributed by atoms with E-state index in [0.29, 0.717) is 11.6 Å². The van der Waals surface area contributed by atoms with E-state index in [4.69, 9.17) is 5.11 Å². The second-order valence-corrected chi connectivity index (χ2v) is 6.46. The van der Waals surface area contributed by atoms with E-state index in [1.165, 1.54) is 12.8 Å². The molecule has 5 heteroatoms. The minimum Gasteiger partial charge on any atom is -0.478 e. The molecule has 1 aliphatic rings. The first-order valence-corrected chi connectivity index (χ1v) is 7.67. The number of likely N-dealkylation sites (N-methyl/N-ethyl adjacent to an activating group) is 1. The van der Waals surface area contributed by atoms with Crippen molar-refractivity contribution in [1.29, 1.82) is 0 Å². The number of carboxylic acids is 1. The van der Waals surface area contributed by atoms with E-state index in [1.54, 1.807) is 12.1 Å². The van der Waals surface area contributed by atoms with Crippen LogP contribution in [0.2, 0.25) is 0 Å². The summed E-state index contributed by atoms with van der Waals surface area (Å²) in [5, 5.41) is 9.09. The van der Waals surface area contributed by atoms with Crippen LogP contribution in [-0.4, -0.2) is 54.1 Å². The Bertz CT molecular complexity index is 491. The summed E-state index contributed by atoms with van der Waals surface area (Å²) in [5.74, 6) is -0.872. The Morgan fingerprint density at radius 3 is 2.90 bits per heavy atom. The smallest absolute Gasteiger partial charge is 0.335 e. The topological polar surface area (TPSA) is 43.8 Å². The lowest BCUT2D eigenvalue weighted by Crippen LogP contribution is -2.44. The summed E-state index contributed by atoms with van der Waals surface area (Å²) in [6.45, 7) is 2.91. The number of rotatable bonds is 4. The van der Waals surface area contributed by atoms with Crippen LogP contribution in [0.4, 0.5) is 0 Å². The van der Waals surface area contributed by atoms with Gasteiger partial charge in [-0.3, -0.25) is 4.90 Å². The summed E-state index contributed by atoms with van der Waals surface area (Å²) in [6.07, 6.45) is 2.43. The Hall–Kier alpha value is -0.910. The van der Waals surface area contributed by atoms with Crippen LogP contribution in [-0.2, 0) is 6.54 Å². The number of carboxylic acid groups (broad SMARTS) is 1. The third kappa shape index (κ3) is 3.81. The lowest BCUT2D eigenvalue weighted by Gasteiger charge is -2.36. The Morgan fingerprint density at radius 1 is 1.50 bits per heavy atom. The molecular weight excluding hydrogens is 320 g/mol. The molecule has 110 valence electrons. The normalized spacial score (nSPS) is 20.3. The predicted molar refractivity (Wildman–Crippen MR) is 83.1 cm³/mol. The minimum absolute atomic E-state index is 0.351. The molecule has 0 aliphatic carbocycles. The summed E-state index contributed by atoms with van der Waals surface area (Å²) in [4.78, 5) is 15.7. The van der Waals surface area contributed by atoms with E-state index >= 15 is 0 Å². The van der Waals surface area contributed by atoms with E-state index in [2.05, 4.69) is 39.8 Å². The second-order valence-electron chi connectivity index (χ2n) is 5.61. The first-order valence-electron chi connectivity index (χ1n) is 6.88. The lowest BCUT2D eigenvalue weighted by atomic mass is 10.0. The number of benzene rings is 1. The predicted octanol–water partition coefficient (Wildman–Crippen LogP) is 2.67. The molecule has 0 saturated carbocycles. The van der Waals surface area contributed by atoms with Crippen molar-refractivity contribution in [2.24, 2.45) is 0 Å². The van der Waals surface area contributed by atoms with Crippen molar-refractivity contribution in [3.8, 4) is 0 Å². The molecule has 1 fully saturated rings. The molecule has 20 heavy (non-hydrogen) atoms. The Balaban J connectivity index is 2.09. The van der Waals surface area contributed by atoms with Gasteiger partial charge in [0.05, 0.1) is 5.56 Å². The Labute approximate surface area is 128 Å². The summed E-state index contributed by atoms with van der Waals surface area (Å²) in [7, 11) is 4.24. The van der Waals surface area contributed by atoms with Crippen LogP contribution in [0.5, 0.6) is 0 Å². The van der Waals surface area contributed by atoms with Crippen molar-refractivity contribution in [1.82, 2.24) is 9.80 Å². The fourth-order valence-corrected chi connectivity index (χ4v) is 3.04. The van der Waals surface area contributed by atoms with Gasteiger partial charge in [0, 0.05) is 23.6 Å². The van der Waals surface area contributed by atoms with Gasteiger partial charge in [0.1, 0.15) is 0 Å². The molecule has 0 radical (unpaired) electrons. The summed E-state index contributed by atoms with van der Waals surface area (Å²) >= 11 is 3.52. The number of piperidine rings is 1. The van der Waals surface area contributed by atoms with Gasteiger partial charge in [0.2, 0.25) is 0 Å². The Morgan fingerprint density at radius 2 is 2.25 bits per heavy atom. The molecule has 1 heterocycles. The highest BCUT2D eigenvalue weighted by atomic mass is 79.9. The number of hydrogen-bond donors (Lipinski definition) is 1. The minimum atomic E-state index is -0.872. The number of carbonyl (C=O) groups is 1. The molecular formula is C15H21BrN2O2. The van der Waals surface area contributed by atoms with Crippen molar-refractivity contribution >= 4 is 21.9 Å². The van der Waals surface area contributed by atoms with Crippen LogP contribution in [0, 0.1) is 0 Å². The van der Waals surface area contributed by atoms with Crippen LogP contribution in [0.1, 0.15) is 28.8 Å². The van der Waals surface area contributed by atoms with Crippen LogP contribution >= 0.6 is 15.9 Å². The van der Waals surface area contributed by atoms with Crippen molar-refractivity contribution in [2.75, 3.05) is 27.2 Å². The Kier molecular flexibility index (Phi) is 5.18. The zero-order valence-electron chi connectivity index (χ0n) is 12.0. The van der Waals surface area contributed by atoms with E-state index in [-0.39, 0.29) is 0 Å². The zero-order valence-corrected chi connectivity index (χ0v) is 13.6. The number of aromatic carboxylic acids is 1. The average Bonchev–Trinajstić information content (AvgIpc) is 2.41. The third-order valence-corrected chi connectivity index (χ3v) is 4.67. The maximum Gasteiger partial charge on any atom is 0.335 e. The van der Waals surface area contributed by atoms with Crippen molar-refractivity contribution in [2.45, 2.75) is 25.4 Å². The van der Waals surface area contributed by atoms with Crippen molar-refractivity contribution < 1.29 is 9.90 Å². The van der Waals surface area contributed by atoms with Gasteiger partial charge in [-0.05, 0) is 57.2 Å². The number of hydrogen-bond acceptors (Lipinski definition) is 3. The van der Waals surface area contributed by atoms with Gasteiger partial charge in [-0.1, -0.05) is 15.9 Å². The maximum absolute atomic E-state index is 11.1. The molecule has 1 saturated heterocycles. The number of nitrogens with zero attached hydrogens (tertiary/aromatic N) is 2. The third-order valence-electron chi connectivity index (χ3n) is 3.90. The molecule has 1 N–H and O–H groups in total.